The maximum Gasteiger partial charge on any atom is 0.0991 e. The summed E-state index contributed by atoms with van der Waals surface area (Å²) in [4.78, 5) is 0. The highest BCUT2D eigenvalue weighted by molar-refractivity contribution is 7.98. The predicted octanol–water partition coefficient (Wildman–Crippen LogP) is 2.17. The van der Waals surface area contributed by atoms with Gasteiger partial charge in [0.1, 0.15) is 0 Å². The van der Waals surface area contributed by atoms with Crippen molar-refractivity contribution in [3.05, 3.63) is 35.4 Å². The third-order valence-electron chi connectivity index (χ3n) is 1.77. The van der Waals surface area contributed by atoms with Crippen LogP contribution in [0.5, 0.6) is 0 Å². The molecule has 0 aliphatic carbocycles. The number of aliphatic hydroxyl groups excluding tert-OH is 1. The largest absolute Gasteiger partial charge is 0.396 e. The van der Waals surface area contributed by atoms with Crippen LogP contribution in [0.2, 0.25) is 0 Å². The van der Waals surface area contributed by atoms with Gasteiger partial charge in [0.15, 0.2) is 0 Å². The molecule has 0 saturated heterocycles. The average molecular weight is 207 g/mol. The van der Waals surface area contributed by atoms with Crippen LogP contribution in [0.15, 0.2) is 24.3 Å². The zero-order valence-electron chi connectivity index (χ0n) is 7.94. The molecule has 1 aromatic carbocycles. The minimum atomic E-state index is 0.255. The van der Waals surface area contributed by atoms with Crippen LogP contribution in [0.25, 0.3) is 0 Å². The Kier molecular flexibility index (Phi) is 5.13. The first kappa shape index (κ1) is 11.1. The molecule has 0 aromatic heterocycles. The lowest BCUT2D eigenvalue weighted by Gasteiger charge is -2.00. The van der Waals surface area contributed by atoms with Crippen molar-refractivity contribution < 1.29 is 5.11 Å². The second-order valence-corrected chi connectivity index (χ2v) is 4.05. The number of hydrogen-bond donors (Lipinski definition) is 1. The standard InChI is InChI=1S/C11H13NOS/c12-8-10-3-1-4-11(7-10)9-14-6-2-5-13/h1,3-4,7,13H,2,5-6,9H2. The Bertz CT molecular complexity index is 319. The van der Waals surface area contributed by atoms with Gasteiger partial charge in [0.25, 0.3) is 0 Å². The van der Waals surface area contributed by atoms with Gasteiger partial charge in [-0.1, -0.05) is 12.1 Å². The van der Waals surface area contributed by atoms with E-state index in [0.717, 1.165) is 17.9 Å². The van der Waals surface area contributed by atoms with Crippen molar-refractivity contribution in [3.63, 3.8) is 0 Å². The second kappa shape index (κ2) is 6.47. The summed E-state index contributed by atoms with van der Waals surface area (Å²) in [6.07, 6.45) is 0.836. The van der Waals surface area contributed by atoms with E-state index in [1.807, 2.05) is 24.3 Å². The third kappa shape index (κ3) is 3.82. The van der Waals surface area contributed by atoms with E-state index in [1.54, 1.807) is 11.8 Å². The molecule has 2 nitrogen and oxygen atoms in total. The predicted molar refractivity (Wildman–Crippen MR) is 59.0 cm³/mol. The van der Waals surface area contributed by atoms with Crippen LogP contribution in [0.4, 0.5) is 0 Å². The number of nitriles is 1. The first-order valence-electron chi connectivity index (χ1n) is 4.54. The normalized spacial score (nSPS) is 9.71. The second-order valence-electron chi connectivity index (χ2n) is 2.94. The molecular weight excluding hydrogens is 194 g/mol. The smallest absolute Gasteiger partial charge is 0.0991 e. The Labute approximate surface area is 88.6 Å². The van der Waals surface area contributed by atoms with Crippen molar-refractivity contribution in [1.82, 2.24) is 0 Å². The Morgan fingerprint density at radius 2 is 2.29 bits per heavy atom. The first-order chi connectivity index (χ1) is 6.86. The van der Waals surface area contributed by atoms with Crippen LogP contribution < -0.4 is 0 Å². The molecule has 0 heterocycles. The Balaban J connectivity index is 2.39. The summed E-state index contributed by atoms with van der Waals surface area (Å²) in [5.41, 5.74) is 1.89. The molecule has 0 radical (unpaired) electrons. The highest BCUT2D eigenvalue weighted by Crippen LogP contribution is 2.13. The van der Waals surface area contributed by atoms with E-state index in [1.165, 1.54) is 5.56 Å². The number of aliphatic hydroxyl groups is 1. The molecule has 0 atom stereocenters. The molecule has 0 fully saturated rings. The molecule has 1 N–H and O–H groups in total. The summed E-state index contributed by atoms with van der Waals surface area (Å²) in [5, 5.41) is 17.3. The maximum atomic E-state index is 8.68. The molecule has 0 amide bonds. The zero-order valence-corrected chi connectivity index (χ0v) is 8.76. The molecule has 14 heavy (non-hydrogen) atoms. The van der Waals surface area contributed by atoms with Crippen molar-refractivity contribution in [1.29, 1.82) is 5.26 Å². The fraction of sp³-hybridized carbons (Fsp3) is 0.364. The minimum Gasteiger partial charge on any atom is -0.396 e. The van der Waals surface area contributed by atoms with Gasteiger partial charge >= 0.3 is 0 Å². The van der Waals surface area contributed by atoms with Gasteiger partial charge in [-0.2, -0.15) is 17.0 Å². The number of hydrogen-bond acceptors (Lipinski definition) is 3. The average Bonchev–Trinajstić information content (AvgIpc) is 2.25. The van der Waals surface area contributed by atoms with Crippen LogP contribution in [0.3, 0.4) is 0 Å². The van der Waals surface area contributed by atoms with Gasteiger partial charge in [-0.15, -0.1) is 0 Å². The summed E-state index contributed by atoms with van der Waals surface area (Å²) in [7, 11) is 0. The van der Waals surface area contributed by atoms with E-state index in [0.29, 0.717) is 5.56 Å². The van der Waals surface area contributed by atoms with Crippen LogP contribution in [0.1, 0.15) is 17.5 Å². The van der Waals surface area contributed by atoms with Crippen molar-refractivity contribution >= 4 is 11.8 Å². The van der Waals surface area contributed by atoms with Crippen LogP contribution in [0, 0.1) is 11.3 Å². The third-order valence-corrected chi connectivity index (χ3v) is 2.89. The molecular formula is C11H13NOS. The Morgan fingerprint density at radius 3 is 3.00 bits per heavy atom. The number of rotatable bonds is 5. The number of benzene rings is 1. The Hall–Kier alpha value is -0.980. The summed E-state index contributed by atoms with van der Waals surface area (Å²) >= 11 is 1.78. The highest BCUT2D eigenvalue weighted by atomic mass is 32.2. The van der Waals surface area contributed by atoms with Crippen molar-refractivity contribution in [2.24, 2.45) is 0 Å². The minimum absolute atomic E-state index is 0.255. The van der Waals surface area contributed by atoms with Gasteiger partial charge in [-0.25, -0.2) is 0 Å². The number of nitrogens with zero attached hydrogens (tertiary/aromatic N) is 1. The molecule has 3 heteroatoms. The fourth-order valence-electron chi connectivity index (χ4n) is 1.09. The van der Waals surface area contributed by atoms with Gasteiger partial charge in [0.05, 0.1) is 11.6 Å². The van der Waals surface area contributed by atoms with E-state index in [9.17, 15) is 0 Å². The molecule has 0 unspecified atom stereocenters. The SMILES string of the molecule is N#Cc1cccc(CSCCCO)c1. The molecule has 1 aromatic rings. The molecule has 0 saturated carbocycles. The first-order valence-corrected chi connectivity index (χ1v) is 5.70. The van der Waals surface area contributed by atoms with Gasteiger partial charge in [-0.3, -0.25) is 0 Å². The highest BCUT2D eigenvalue weighted by Gasteiger charge is 1.95. The van der Waals surface area contributed by atoms with Gasteiger partial charge in [0.2, 0.25) is 0 Å². The summed E-state index contributed by atoms with van der Waals surface area (Å²) < 4.78 is 0. The lowest BCUT2D eigenvalue weighted by atomic mass is 10.2. The van der Waals surface area contributed by atoms with Crippen molar-refractivity contribution in [3.8, 4) is 6.07 Å². The van der Waals surface area contributed by atoms with E-state index < -0.39 is 0 Å². The van der Waals surface area contributed by atoms with Crippen LogP contribution in [-0.4, -0.2) is 17.5 Å². The summed E-state index contributed by atoms with van der Waals surface area (Å²) in [6, 6.07) is 9.76. The lowest BCUT2D eigenvalue weighted by molar-refractivity contribution is 0.296. The van der Waals surface area contributed by atoms with E-state index in [4.69, 9.17) is 10.4 Å². The maximum absolute atomic E-state index is 8.68. The number of thioether (sulfide) groups is 1. The molecule has 0 aliphatic heterocycles. The summed E-state index contributed by atoms with van der Waals surface area (Å²) in [6.45, 7) is 0.255. The van der Waals surface area contributed by atoms with E-state index >= 15 is 0 Å². The van der Waals surface area contributed by atoms with E-state index in [2.05, 4.69) is 6.07 Å². The van der Waals surface area contributed by atoms with Gasteiger partial charge in [-0.05, 0) is 29.9 Å². The van der Waals surface area contributed by atoms with Crippen molar-refractivity contribution in [2.75, 3.05) is 12.4 Å². The monoisotopic (exact) mass is 207 g/mol. The summed E-state index contributed by atoms with van der Waals surface area (Å²) in [5.74, 6) is 1.88. The molecule has 74 valence electrons. The molecule has 0 bridgehead atoms. The fourth-order valence-corrected chi connectivity index (χ4v) is 1.98. The Morgan fingerprint density at radius 1 is 1.43 bits per heavy atom. The van der Waals surface area contributed by atoms with Crippen LogP contribution >= 0.6 is 11.8 Å². The van der Waals surface area contributed by atoms with Gasteiger partial charge in [0, 0.05) is 12.4 Å². The van der Waals surface area contributed by atoms with Crippen LogP contribution in [-0.2, 0) is 5.75 Å². The van der Waals surface area contributed by atoms with E-state index in [-0.39, 0.29) is 6.61 Å². The lowest BCUT2D eigenvalue weighted by Crippen LogP contribution is -1.88. The molecule has 0 aliphatic rings. The zero-order chi connectivity index (χ0) is 10.2. The van der Waals surface area contributed by atoms with Crippen molar-refractivity contribution in [2.45, 2.75) is 12.2 Å². The quantitative estimate of drug-likeness (QED) is 0.752. The van der Waals surface area contributed by atoms with Gasteiger partial charge < -0.3 is 5.11 Å². The topological polar surface area (TPSA) is 44.0 Å². The molecule has 1 rings (SSSR count). The molecule has 0 spiro atoms.